The number of nitrogens with one attached hydrogen (secondary N) is 1. The number of benzene rings is 3. The molecule has 3 nitrogen and oxygen atoms in total. The van der Waals surface area contributed by atoms with Gasteiger partial charge in [-0.25, -0.2) is 0 Å². The summed E-state index contributed by atoms with van der Waals surface area (Å²) in [6.45, 7) is 5.13. The number of piperazine rings is 1. The molecule has 1 N–H and O–H groups in total. The minimum Gasteiger partial charge on any atom is -0.328 e. The van der Waals surface area contributed by atoms with Gasteiger partial charge in [0.2, 0.25) is 0 Å². The normalized spacial score (nSPS) is 16.2. The van der Waals surface area contributed by atoms with Crippen molar-refractivity contribution in [2.24, 2.45) is 5.10 Å². The predicted molar refractivity (Wildman–Crippen MR) is 119 cm³/mol. The smallest absolute Gasteiger partial charge is 0.104 e. The van der Waals surface area contributed by atoms with Crippen LogP contribution in [0.3, 0.4) is 0 Å². The van der Waals surface area contributed by atoms with Crippen LogP contribution >= 0.6 is 11.6 Å². The lowest BCUT2D eigenvalue weighted by Gasteiger charge is -2.30. The number of halogens is 1. The minimum absolute atomic E-state index is 0.650. The van der Waals surface area contributed by atoms with Crippen molar-refractivity contribution in [3.8, 4) is 0 Å². The van der Waals surface area contributed by atoms with Crippen LogP contribution in [-0.4, -0.2) is 37.4 Å². The number of nitrogens with zero attached hydrogens (tertiary/aromatic N) is 2. The van der Waals surface area contributed by atoms with Gasteiger partial charge in [-0.05, 0) is 22.4 Å². The summed E-state index contributed by atoms with van der Waals surface area (Å²) in [4.78, 5) is 1.61. The van der Waals surface area contributed by atoms with Gasteiger partial charge in [-0.15, -0.1) is 0 Å². The number of hydrogen-bond donors (Lipinski definition) is 1. The van der Waals surface area contributed by atoms with Crippen molar-refractivity contribution in [3.05, 3.63) is 89.0 Å². The Morgan fingerprint density at radius 1 is 0.929 bits per heavy atom. The molecular formula is C24H25ClN3+. The molecule has 0 saturated carbocycles. The fourth-order valence-corrected chi connectivity index (χ4v) is 3.87. The van der Waals surface area contributed by atoms with Crippen LogP contribution in [0.15, 0.2) is 82.9 Å². The largest absolute Gasteiger partial charge is 0.328 e. The van der Waals surface area contributed by atoms with E-state index < -0.39 is 0 Å². The standard InChI is InChI=1S/C24H24ClN3/c25-23(17-20-7-2-1-3-8-20)18-26-28-15-13-27(14-16-28)19-22-11-6-10-21-9-4-5-12-24(21)22/h1-12,17-18H,13-16,19H2/p+1/b23-17+,26-18-. The van der Waals surface area contributed by atoms with Crippen LogP contribution in [0.2, 0.25) is 0 Å². The van der Waals surface area contributed by atoms with Gasteiger partial charge in [-0.1, -0.05) is 84.4 Å². The van der Waals surface area contributed by atoms with Crippen LogP contribution in [0, 0.1) is 0 Å². The van der Waals surface area contributed by atoms with Gasteiger partial charge in [-0.3, -0.25) is 5.01 Å². The van der Waals surface area contributed by atoms with Crippen LogP contribution in [-0.2, 0) is 6.54 Å². The van der Waals surface area contributed by atoms with E-state index in [1.807, 2.05) is 36.4 Å². The Morgan fingerprint density at radius 2 is 1.64 bits per heavy atom. The predicted octanol–water partition coefficient (Wildman–Crippen LogP) is 3.81. The van der Waals surface area contributed by atoms with Gasteiger partial charge >= 0.3 is 0 Å². The van der Waals surface area contributed by atoms with Crippen molar-refractivity contribution in [3.63, 3.8) is 0 Å². The fraction of sp³-hybridized carbons (Fsp3) is 0.208. The topological polar surface area (TPSA) is 20.0 Å². The molecule has 0 amide bonds. The molecule has 28 heavy (non-hydrogen) atoms. The van der Waals surface area contributed by atoms with Gasteiger partial charge in [-0.2, -0.15) is 5.10 Å². The first kappa shape index (κ1) is 18.7. The molecule has 1 saturated heterocycles. The molecule has 1 aliphatic rings. The average Bonchev–Trinajstić information content (AvgIpc) is 2.74. The lowest BCUT2D eigenvalue weighted by molar-refractivity contribution is -0.918. The summed E-state index contributed by atoms with van der Waals surface area (Å²) < 4.78 is 0. The van der Waals surface area contributed by atoms with E-state index in [2.05, 4.69) is 52.6 Å². The van der Waals surface area contributed by atoms with Gasteiger partial charge in [0, 0.05) is 5.56 Å². The van der Waals surface area contributed by atoms with E-state index >= 15 is 0 Å². The SMILES string of the molecule is ClC(/C=N\N1CC[NH+](Cc2cccc3ccccc23)CC1)=C/c1ccccc1. The Hall–Kier alpha value is -2.62. The number of hydrazone groups is 1. The zero-order valence-corrected chi connectivity index (χ0v) is 16.6. The van der Waals surface area contributed by atoms with Crippen LogP contribution in [0.1, 0.15) is 11.1 Å². The third-order valence-electron chi connectivity index (χ3n) is 5.22. The van der Waals surface area contributed by atoms with E-state index in [0.29, 0.717) is 5.03 Å². The van der Waals surface area contributed by atoms with Crippen LogP contribution in [0.25, 0.3) is 16.8 Å². The van der Waals surface area contributed by atoms with Crippen molar-refractivity contribution in [2.75, 3.05) is 26.2 Å². The van der Waals surface area contributed by atoms with E-state index in [4.69, 9.17) is 11.6 Å². The monoisotopic (exact) mass is 390 g/mol. The number of quaternary nitrogens is 1. The highest BCUT2D eigenvalue weighted by Crippen LogP contribution is 2.17. The summed E-state index contributed by atoms with van der Waals surface area (Å²) in [6.07, 6.45) is 3.69. The molecule has 4 heteroatoms. The maximum atomic E-state index is 6.31. The first-order chi connectivity index (χ1) is 13.8. The van der Waals surface area contributed by atoms with Crippen LogP contribution in [0.4, 0.5) is 0 Å². The van der Waals surface area contributed by atoms with Gasteiger partial charge in [0.25, 0.3) is 0 Å². The zero-order valence-electron chi connectivity index (χ0n) is 15.9. The zero-order chi connectivity index (χ0) is 19.2. The molecule has 0 aliphatic carbocycles. The lowest BCUT2D eigenvalue weighted by Crippen LogP contribution is -3.13. The molecule has 3 aromatic rings. The van der Waals surface area contributed by atoms with Crippen molar-refractivity contribution < 1.29 is 4.90 Å². The number of allylic oxidation sites excluding steroid dienone is 1. The summed E-state index contributed by atoms with van der Waals surface area (Å²) in [6, 6.07) is 25.3. The molecule has 1 fully saturated rings. The molecule has 0 unspecified atom stereocenters. The molecule has 0 radical (unpaired) electrons. The third kappa shape index (κ3) is 4.80. The van der Waals surface area contributed by atoms with E-state index in [9.17, 15) is 0 Å². The Balaban J connectivity index is 1.33. The van der Waals surface area contributed by atoms with E-state index in [1.54, 1.807) is 11.1 Å². The molecule has 142 valence electrons. The molecular weight excluding hydrogens is 366 g/mol. The molecule has 1 aliphatic heterocycles. The molecule has 4 rings (SSSR count). The van der Waals surface area contributed by atoms with Crippen molar-refractivity contribution in [2.45, 2.75) is 6.54 Å². The van der Waals surface area contributed by atoms with Gasteiger partial charge in [0.15, 0.2) is 0 Å². The molecule has 0 spiro atoms. The average molecular weight is 391 g/mol. The maximum absolute atomic E-state index is 6.31. The van der Waals surface area contributed by atoms with Crippen LogP contribution in [0.5, 0.6) is 0 Å². The Morgan fingerprint density at radius 3 is 2.46 bits per heavy atom. The van der Waals surface area contributed by atoms with Crippen molar-refractivity contribution in [1.29, 1.82) is 0 Å². The maximum Gasteiger partial charge on any atom is 0.104 e. The second-order valence-electron chi connectivity index (χ2n) is 7.20. The Kier molecular flexibility index (Phi) is 6.05. The summed E-state index contributed by atoms with van der Waals surface area (Å²) in [5.41, 5.74) is 2.52. The molecule has 3 aromatic carbocycles. The van der Waals surface area contributed by atoms with Crippen molar-refractivity contribution >= 4 is 34.7 Å². The molecule has 0 atom stereocenters. The Labute approximate surface area is 171 Å². The number of rotatable bonds is 5. The molecule has 0 aromatic heterocycles. The highest BCUT2D eigenvalue weighted by atomic mass is 35.5. The second-order valence-corrected chi connectivity index (χ2v) is 7.64. The lowest BCUT2D eigenvalue weighted by atomic mass is 10.0. The minimum atomic E-state index is 0.650. The first-order valence-corrected chi connectivity index (χ1v) is 10.2. The van der Waals surface area contributed by atoms with Gasteiger partial charge in [0.1, 0.15) is 6.54 Å². The quantitative estimate of drug-likeness (QED) is 0.657. The highest BCUT2D eigenvalue weighted by molar-refractivity contribution is 6.41. The number of hydrogen-bond acceptors (Lipinski definition) is 2. The summed E-state index contributed by atoms with van der Waals surface area (Å²) in [5, 5.41) is 10.0. The second kappa shape index (κ2) is 9.05. The van der Waals surface area contributed by atoms with Crippen LogP contribution < -0.4 is 4.90 Å². The summed E-state index contributed by atoms with van der Waals surface area (Å²) >= 11 is 6.31. The van der Waals surface area contributed by atoms with Gasteiger partial charge in [0.05, 0.1) is 37.4 Å². The van der Waals surface area contributed by atoms with Crippen molar-refractivity contribution in [1.82, 2.24) is 5.01 Å². The molecule has 0 bridgehead atoms. The molecule has 1 heterocycles. The van der Waals surface area contributed by atoms with E-state index in [-0.39, 0.29) is 0 Å². The first-order valence-electron chi connectivity index (χ1n) is 9.79. The van der Waals surface area contributed by atoms with E-state index in [0.717, 1.165) is 38.3 Å². The summed E-state index contributed by atoms with van der Waals surface area (Å²) in [7, 11) is 0. The third-order valence-corrected chi connectivity index (χ3v) is 5.42. The summed E-state index contributed by atoms with van der Waals surface area (Å²) in [5.74, 6) is 0. The highest BCUT2D eigenvalue weighted by Gasteiger charge is 2.19. The number of fused-ring (bicyclic) bond motifs is 1. The van der Waals surface area contributed by atoms with E-state index in [1.165, 1.54) is 16.3 Å². The fourth-order valence-electron chi connectivity index (χ4n) is 3.70. The van der Waals surface area contributed by atoms with Gasteiger partial charge < -0.3 is 4.90 Å². The Bertz CT molecular complexity index is 968.